The zero-order valence-electron chi connectivity index (χ0n) is 17.6. The van der Waals surface area contributed by atoms with Crippen LogP contribution in [-0.4, -0.2) is 28.0 Å². The Morgan fingerprint density at radius 2 is 1.64 bits per heavy atom. The van der Waals surface area contributed by atoms with Gasteiger partial charge in [0, 0.05) is 15.5 Å². The third-order valence-corrected chi connectivity index (χ3v) is 6.11. The Morgan fingerprint density at radius 3 is 2.42 bits per heavy atom. The van der Waals surface area contributed by atoms with Crippen molar-refractivity contribution in [3.05, 3.63) is 93.6 Å². The number of carbonyl (C=O) groups excluding carboxylic acids is 2. The second-order valence-electron chi connectivity index (χ2n) is 7.33. The quantitative estimate of drug-likeness (QED) is 0.243. The van der Waals surface area contributed by atoms with Gasteiger partial charge in [-0.2, -0.15) is 0 Å². The molecule has 4 rings (SSSR count). The lowest BCUT2D eigenvalue weighted by Gasteiger charge is -2.07. The summed E-state index contributed by atoms with van der Waals surface area (Å²) in [4.78, 5) is 24.5. The van der Waals surface area contributed by atoms with Crippen molar-refractivity contribution >= 4 is 51.0 Å². The second kappa shape index (κ2) is 10.4. The Kier molecular flexibility index (Phi) is 7.13. The van der Waals surface area contributed by atoms with Gasteiger partial charge >= 0.3 is 0 Å². The standard InChI is InChI=1S/C25H21IN4O3/c26-20-12-6-4-10-18(20)24(32)27-16-22(31)28-29-23-19-11-5-7-13-21(19)30(25(23)33)15-14-17-8-2-1-3-9-17/h1-13,33H,14-16H2,(H,27,32). The van der Waals surface area contributed by atoms with Gasteiger partial charge in [-0.05, 0) is 52.8 Å². The third-order valence-electron chi connectivity index (χ3n) is 5.16. The van der Waals surface area contributed by atoms with Gasteiger partial charge in [0.25, 0.3) is 11.8 Å². The Balaban J connectivity index is 1.48. The van der Waals surface area contributed by atoms with Crippen LogP contribution >= 0.6 is 22.6 Å². The highest BCUT2D eigenvalue weighted by Crippen LogP contribution is 2.38. The molecule has 166 valence electrons. The lowest BCUT2D eigenvalue weighted by atomic mass is 10.1. The Labute approximate surface area is 204 Å². The predicted molar refractivity (Wildman–Crippen MR) is 135 cm³/mol. The van der Waals surface area contributed by atoms with Crippen molar-refractivity contribution < 1.29 is 14.7 Å². The van der Waals surface area contributed by atoms with E-state index < -0.39 is 5.91 Å². The Hall–Kier alpha value is -3.53. The number of aryl methyl sites for hydroxylation is 2. The summed E-state index contributed by atoms with van der Waals surface area (Å²) < 4.78 is 2.55. The van der Waals surface area contributed by atoms with E-state index in [9.17, 15) is 14.7 Å². The number of aromatic nitrogens is 1. The zero-order chi connectivity index (χ0) is 23.2. The maximum atomic E-state index is 12.3. The molecule has 0 spiro atoms. The molecule has 3 aromatic carbocycles. The lowest BCUT2D eigenvalue weighted by Crippen LogP contribution is -2.29. The molecule has 7 nitrogen and oxygen atoms in total. The van der Waals surface area contributed by atoms with Gasteiger partial charge in [-0.25, -0.2) is 0 Å². The summed E-state index contributed by atoms with van der Waals surface area (Å²) in [5.74, 6) is -1.02. The van der Waals surface area contributed by atoms with E-state index in [4.69, 9.17) is 0 Å². The maximum absolute atomic E-state index is 12.3. The average molecular weight is 552 g/mol. The molecule has 0 aliphatic rings. The van der Waals surface area contributed by atoms with Crippen molar-refractivity contribution in [2.24, 2.45) is 10.2 Å². The highest BCUT2D eigenvalue weighted by Gasteiger charge is 2.17. The fraction of sp³-hybridized carbons (Fsp3) is 0.120. The number of hydrogen-bond donors (Lipinski definition) is 2. The molecule has 0 fully saturated rings. The van der Waals surface area contributed by atoms with Crippen molar-refractivity contribution in [2.45, 2.75) is 13.0 Å². The molecular formula is C25H21IN4O3. The van der Waals surface area contributed by atoms with Crippen molar-refractivity contribution in [3.63, 3.8) is 0 Å². The number of para-hydroxylation sites is 1. The monoisotopic (exact) mass is 552 g/mol. The molecule has 4 aromatic rings. The van der Waals surface area contributed by atoms with Crippen LogP contribution in [0.15, 0.2) is 89.1 Å². The number of nitrogens with one attached hydrogen (secondary N) is 1. The van der Waals surface area contributed by atoms with Crippen LogP contribution in [0.25, 0.3) is 10.9 Å². The highest BCUT2D eigenvalue weighted by molar-refractivity contribution is 14.1. The summed E-state index contributed by atoms with van der Waals surface area (Å²) >= 11 is 2.06. The largest absolute Gasteiger partial charge is 0.493 e. The molecule has 0 saturated carbocycles. The van der Waals surface area contributed by atoms with Crippen molar-refractivity contribution in [1.82, 2.24) is 9.88 Å². The van der Waals surface area contributed by atoms with Gasteiger partial charge < -0.3 is 15.0 Å². The fourth-order valence-corrected chi connectivity index (χ4v) is 4.15. The molecule has 8 heteroatoms. The first kappa shape index (κ1) is 22.7. The average Bonchev–Trinajstić information content (AvgIpc) is 3.11. The minimum atomic E-state index is -0.616. The molecule has 0 radical (unpaired) electrons. The number of aromatic hydroxyl groups is 1. The van der Waals surface area contributed by atoms with E-state index >= 15 is 0 Å². The summed E-state index contributed by atoms with van der Waals surface area (Å²) in [6.45, 7) is 0.256. The van der Waals surface area contributed by atoms with E-state index in [-0.39, 0.29) is 24.0 Å². The molecule has 0 atom stereocenters. The molecule has 2 amide bonds. The minimum absolute atomic E-state index is 0.0495. The van der Waals surface area contributed by atoms with Crippen LogP contribution in [-0.2, 0) is 17.8 Å². The number of carbonyl (C=O) groups is 2. The van der Waals surface area contributed by atoms with E-state index in [1.807, 2.05) is 66.7 Å². The van der Waals surface area contributed by atoms with Gasteiger partial charge in [0.15, 0.2) is 5.69 Å². The van der Waals surface area contributed by atoms with Crippen LogP contribution in [0.4, 0.5) is 5.69 Å². The highest BCUT2D eigenvalue weighted by atomic mass is 127. The Morgan fingerprint density at radius 1 is 0.939 bits per heavy atom. The first-order chi connectivity index (χ1) is 16.0. The van der Waals surface area contributed by atoms with Crippen molar-refractivity contribution in [3.8, 4) is 5.88 Å². The summed E-state index contributed by atoms with van der Waals surface area (Å²) in [7, 11) is 0. The van der Waals surface area contributed by atoms with E-state index in [1.165, 1.54) is 0 Å². The van der Waals surface area contributed by atoms with Crippen molar-refractivity contribution in [1.29, 1.82) is 0 Å². The van der Waals surface area contributed by atoms with Crippen LogP contribution in [0.1, 0.15) is 15.9 Å². The molecule has 1 aromatic heterocycles. The maximum Gasteiger partial charge on any atom is 0.283 e. The molecule has 0 saturated heterocycles. The SMILES string of the molecule is O=C(CNC(=O)c1ccccc1I)N=Nc1c(O)n(CCc2ccccc2)c2ccccc12. The molecule has 0 unspecified atom stereocenters. The van der Waals surface area contributed by atoms with Gasteiger partial charge in [0.1, 0.15) is 6.54 Å². The molecule has 0 aliphatic carbocycles. The van der Waals surface area contributed by atoms with E-state index in [0.29, 0.717) is 17.5 Å². The summed E-state index contributed by atoms with van der Waals surface area (Å²) in [5, 5.41) is 21.8. The molecular weight excluding hydrogens is 531 g/mol. The molecule has 0 bridgehead atoms. The summed E-state index contributed by atoms with van der Waals surface area (Å²) in [6, 6.07) is 24.5. The van der Waals surface area contributed by atoms with Gasteiger partial charge in [-0.3, -0.25) is 9.59 Å². The molecule has 2 N–H and O–H groups in total. The van der Waals surface area contributed by atoms with Gasteiger partial charge in [0.2, 0.25) is 5.88 Å². The Bertz CT molecular complexity index is 1330. The number of benzene rings is 3. The molecule has 33 heavy (non-hydrogen) atoms. The smallest absolute Gasteiger partial charge is 0.283 e. The summed E-state index contributed by atoms with van der Waals surface area (Å²) in [6.07, 6.45) is 0.729. The van der Waals surface area contributed by atoms with E-state index in [0.717, 1.165) is 21.1 Å². The lowest BCUT2D eigenvalue weighted by molar-refractivity contribution is -0.117. The first-order valence-corrected chi connectivity index (χ1v) is 11.4. The van der Waals surface area contributed by atoms with E-state index in [1.54, 1.807) is 16.7 Å². The van der Waals surface area contributed by atoms with E-state index in [2.05, 4.69) is 38.1 Å². The topological polar surface area (TPSA) is 96.1 Å². The fourth-order valence-electron chi connectivity index (χ4n) is 3.52. The first-order valence-electron chi connectivity index (χ1n) is 10.4. The van der Waals surface area contributed by atoms with Crippen LogP contribution < -0.4 is 5.32 Å². The second-order valence-corrected chi connectivity index (χ2v) is 8.50. The number of fused-ring (bicyclic) bond motifs is 1. The number of rotatable bonds is 7. The minimum Gasteiger partial charge on any atom is -0.493 e. The van der Waals surface area contributed by atoms with Gasteiger partial charge in [0.05, 0.1) is 11.1 Å². The summed E-state index contributed by atoms with van der Waals surface area (Å²) in [5.41, 5.74) is 2.68. The third kappa shape index (κ3) is 5.28. The number of amides is 2. The van der Waals surface area contributed by atoms with Gasteiger partial charge in [-0.15, -0.1) is 10.2 Å². The normalized spacial score (nSPS) is 11.2. The van der Waals surface area contributed by atoms with Gasteiger partial charge in [-0.1, -0.05) is 60.7 Å². The predicted octanol–water partition coefficient (Wildman–Crippen LogP) is 5.23. The molecule has 1 heterocycles. The van der Waals surface area contributed by atoms with Crippen molar-refractivity contribution in [2.75, 3.05) is 6.54 Å². The molecule has 0 aliphatic heterocycles. The van der Waals surface area contributed by atoms with Crippen LogP contribution in [0, 0.1) is 3.57 Å². The number of halogens is 1. The zero-order valence-corrected chi connectivity index (χ0v) is 19.8. The van der Waals surface area contributed by atoms with Crippen LogP contribution in [0.3, 0.4) is 0 Å². The number of hydrogen-bond acceptors (Lipinski definition) is 4. The van der Waals surface area contributed by atoms with Crippen LogP contribution in [0.5, 0.6) is 5.88 Å². The number of azo groups is 1. The number of nitrogens with zero attached hydrogens (tertiary/aromatic N) is 3. The van der Waals surface area contributed by atoms with Crippen LogP contribution in [0.2, 0.25) is 0 Å².